The molecule has 2 aromatic rings. The average molecular weight is 345 g/mol. The Balaban J connectivity index is 1.60. The summed E-state index contributed by atoms with van der Waals surface area (Å²) in [5.41, 5.74) is 2.39. The highest BCUT2D eigenvalue weighted by Gasteiger charge is 2.19. The molecule has 1 heterocycles. The van der Waals surface area contributed by atoms with E-state index < -0.39 is 0 Å². The summed E-state index contributed by atoms with van der Waals surface area (Å²) in [5.74, 6) is -0.159. The second kappa shape index (κ2) is 7.47. The van der Waals surface area contributed by atoms with Gasteiger partial charge in [-0.3, -0.25) is 9.59 Å². The number of anilines is 2. The third-order valence-corrected chi connectivity index (χ3v) is 3.98. The van der Waals surface area contributed by atoms with Gasteiger partial charge >= 0.3 is 0 Å². The lowest BCUT2D eigenvalue weighted by Crippen LogP contribution is -2.41. The van der Waals surface area contributed by atoms with Gasteiger partial charge < -0.3 is 15.0 Å². The molecular weight excluding hydrogens is 328 g/mol. The normalized spacial score (nSPS) is 14.5. The molecule has 1 aliphatic rings. The van der Waals surface area contributed by atoms with Crippen molar-refractivity contribution in [1.82, 2.24) is 0 Å². The quantitative estimate of drug-likeness (QED) is 0.927. The molecule has 0 aliphatic carbocycles. The Morgan fingerprint density at radius 1 is 1.12 bits per heavy atom. The Hall–Kier alpha value is -2.37. The molecule has 0 atom stereocenters. The summed E-state index contributed by atoms with van der Waals surface area (Å²) in [7, 11) is 0. The zero-order chi connectivity index (χ0) is 16.9. The van der Waals surface area contributed by atoms with Crippen LogP contribution in [0.2, 0.25) is 5.02 Å². The molecule has 1 aliphatic heterocycles. The van der Waals surface area contributed by atoms with Crippen LogP contribution >= 0.6 is 11.6 Å². The number of morpholine rings is 1. The maximum atomic E-state index is 12.1. The zero-order valence-electron chi connectivity index (χ0n) is 13.0. The van der Waals surface area contributed by atoms with Gasteiger partial charge in [0, 0.05) is 22.9 Å². The Labute approximate surface area is 145 Å². The summed E-state index contributed by atoms with van der Waals surface area (Å²) in [4.78, 5) is 25.6. The van der Waals surface area contributed by atoms with Gasteiger partial charge in [-0.1, -0.05) is 23.7 Å². The highest BCUT2D eigenvalue weighted by atomic mass is 35.5. The molecule has 0 spiro atoms. The second-order valence-corrected chi connectivity index (χ2v) is 5.93. The minimum atomic E-state index is -0.104. The third-order valence-electron chi connectivity index (χ3n) is 3.73. The van der Waals surface area contributed by atoms with Gasteiger partial charge in [0.25, 0.3) is 5.91 Å². The molecule has 0 radical (unpaired) electrons. The lowest BCUT2D eigenvalue weighted by molar-refractivity contribution is -0.125. The van der Waals surface area contributed by atoms with Gasteiger partial charge in [0.15, 0.2) is 0 Å². The number of hydrogen-bond acceptors (Lipinski definition) is 3. The molecule has 0 aromatic heterocycles. The minimum absolute atomic E-state index is 0.0548. The topological polar surface area (TPSA) is 58.6 Å². The Bertz CT molecular complexity index is 729. The van der Waals surface area contributed by atoms with Crippen LogP contribution in [0, 0.1) is 0 Å². The van der Waals surface area contributed by atoms with Crippen LogP contribution in [0.3, 0.4) is 0 Å². The Kier molecular flexibility index (Phi) is 5.13. The number of hydrogen-bond donors (Lipinski definition) is 1. The molecule has 1 fully saturated rings. The highest BCUT2D eigenvalue weighted by Crippen LogP contribution is 2.20. The number of benzene rings is 2. The maximum absolute atomic E-state index is 12.1. The van der Waals surface area contributed by atoms with Crippen molar-refractivity contribution in [3.05, 3.63) is 59.1 Å². The molecule has 0 unspecified atom stereocenters. The number of halogens is 1. The molecule has 2 amide bonds. The molecular formula is C18H17ClN2O3. The SMILES string of the molecule is O=C(Cc1ccc(Cl)cc1)Nc1ccc(N2CCOCC2=O)cc1. The monoisotopic (exact) mass is 344 g/mol. The summed E-state index contributed by atoms with van der Waals surface area (Å²) in [6.07, 6.45) is 0.279. The molecule has 0 saturated carbocycles. The summed E-state index contributed by atoms with van der Waals surface area (Å²) in [5, 5.41) is 3.49. The largest absolute Gasteiger partial charge is 0.370 e. The van der Waals surface area contributed by atoms with Gasteiger partial charge in [0.2, 0.25) is 5.91 Å². The molecule has 3 rings (SSSR count). The van der Waals surface area contributed by atoms with Crippen LogP contribution in [0.1, 0.15) is 5.56 Å². The number of ether oxygens (including phenoxy) is 1. The van der Waals surface area contributed by atoms with E-state index in [1.54, 1.807) is 29.2 Å². The Morgan fingerprint density at radius 2 is 1.83 bits per heavy atom. The summed E-state index contributed by atoms with van der Waals surface area (Å²) < 4.78 is 5.12. The van der Waals surface area contributed by atoms with Gasteiger partial charge in [-0.25, -0.2) is 0 Å². The van der Waals surface area contributed by atoms with Crippen LogP contribution < -0.4 is 10.2 Å². The van der Waals surface area contributed by atoms with Gasteiger partial charge in [-0.2, -0.15) is 0 Å². The van der Waals surface area contributed by atoms with Crippen molar-refractivity contribution in [2.45, 2.75) is 6.42 Å². The first-order valence-electron chi connectivity index (χ1n) is 7.64. The third kappa shape index (κ3) is 4.13. The van der Waals surface area contributed by atoms with Crippen LogP contribution in [0.4, 0.5) is 11.4 Å². The average Bonchev–Trinajstić information content (AvgIpc) is 2.58. The van der Waals surface area contributed by atoms with Crippen LogP contribution in [-0.2, 0) is 20.7 Å². The predicted molar refractivity (Wildman–Crippen MR) is 93.4 cm³/mol. The van der Waals surface area contributed by atoms with Crippen LogP contribution in [-0.4, -0.2) is 31.6 Å². The van der Waals surface area contributed by atoms with E-state index in [4.69, 9.17) is 16.3 Å². The number of amides is 2. The molecule has 1 saturated heterocycles. The number of carbonyl (C=O) groups is 2. The van der Waals surface area contributed by atoms with Crippen molar-refractivity contribution in [2.24, 2.45) is 0 Å². The fourth-order valence-electron chi connectivity index (χ4n) is 2.51. The standard InChI is InChI=1S/C18H17ClN2O3/c19-14-3-1-13(2-4-14)11-17(22)20-15-5-7-16(8-6-15)21-9-10-24-12-18(21)23/h1-8H,9-12H2,(H,20,22). The number of nitrogens with one attached hydrogen (secondary N) is 1. The van der Waals surface area contributed by atoms with Crippen LogP contribution in [0.5, 0.6) is 0 Å². The van der Waals surface area contributed by atoms with Crippen molar-refractivity contribution in [3.8, 4) is 0 Å². The first-order chi connectivity index (χ1) is 11.6. The molecule has 124 valence electrons. The molecule has 1 N–H and O–H groups in total. The lowest BCUT2D eigenvalue weighted by Gasteiger charge is -2.26. The van der Waals surface area contributed by atoms with Crippen molar-refractivity contribution >= 4 is 34.8 Å². The molecule has 2 aromatic carbocycles. The molecule has 5 nitrogen and oxygen atoms in total. The number of nitrogens with zero attached hydrogens (tertiary/aromatic N) is 1. The van der Waals surface area contributed by atoms with E-state index in [0.717, 1.165) is 11.3 Å². The van der Waals surface area contributed by atoms with Gasteiger partial charge in [-0.05, 0) is 42.0 Å². The molecule has 0 bridgehead atoms. The summed E-state index contributed by atoms with van der Waals surface area (Å²) in [6, 6.07) is 14.4. The van der Waals surface area contributed by atoms with Gasteiger partial charge in [0.1, 0.15) is 6.61 Å². The van der Waals surface area contributed by atoms with Gasteiger partial charge in [0.05, 0.1) is 13.0 Å². The highest BCUT2D eigenvalue weighted by molar-refractivity contribution is 6.30. The van der Waals surface area contributed by atoms with E-state index in [2.05, 4.69) is 5.32 Å². The number of carbonyl (C=O) groups excluding carboxylic acids is 2. The maximum Gasteiger partial charge on any atom is 0.253 e. The number of rotatable bonds is 4. The fourth-order valence-corrected chi connectivity index (χ4v) is 2.63. The molecule has 24 heavy (non-hydrogen) atoms. The van der Waals surface area contributed by atoms with Crippen molar-refractivity contribution in [1.29, 1.82) is 0 Å². The molecule has 6 heteroatoms. The predicted octanol–water partition coefficient (Wildman–Crippen LogP) is 2.88. The van der Waals surface area contributed by atoms with Crippen LogP contribution in [0.15, 0.2) is 48.5 Å². The summed E-state index contributed by atoms with van der Waals surface area (Å²) >= 11 is 5.83. The second-order valence-electron chi connectivity index (χ2n) is 5.50. The minimum Gasteiger partial charge on any atom is -0.370 e. The fraction of sp³-hybridized carbons (Fsp3) is 0.222. The van der Waals surface area contributed by atoms with Gasteiger partial charge in [-0.15, -0.1) is 0 Å². The Morgan fingerprint density at radius 3 is 2.50 bits per heavy atom. The smallest absolute Gasteiger partial charge is 0.253 e. The van der Waals surface area contributed by atoms with Crippen molar-refractivity contribution < 1.29 is 14.3 Å². The van der Waals surface area contributed by atoms with Crippen molar-refractivity contribution in [2.75, 3.05) is 30.0 Å². The van der Waals surface area contributed by atoms with Crippen molar-refractivity contribution in [3.63, 3.8) is 0 Å². The first kappa shape index (κ1) is 16.5. The zero-order valence-corrected chi connectivity index (χ0v) is 13.8. The lowest BCUT2D eigenvalue weighted by atomic mass is 10.1. The van der Waals surface area contributed by atoms with E-state index in [0.29, 0.717) is 23.9 Å². The van der Waals surface area contributed by atoms with Crippen LogP contribution in [0.25, 0.3) is 0 Å². The van der Waals surface area contributed by atoms with E-state index in [-0.39, 0.29) is 24.8 Å². The van der Waals surface area contributed by atoms with E-state index in [9.17, 15) is 9.59 Å². The summed E-state index contributed by atoms with van der Waals surface area (Å²) in [6.45, 7) is 1.19. The van der Waals surface area contributed by atoms with E-state index >= 15 is 0 Å². The van der Waals surface area contributed by atoms with E-state index in [1.807, 2.05) is 24.3 Å². The van der Waals surface area contributed by atoms with E-state index in [1.165, 1.54) is 0 Å². The first-order valence-corrected chi connectivity index (χ1v) is 8.02.